The van der Waals surface area contributed by atoms with Gasteiger partial charge in [0.25, 0.3) is 5.56 Å². The fraction of sp³-hybridized carbons (Fsp3) is 0.200. The molecule has 3 aromatic rings. The minimum Gasteiger partial charge on any atom is -0.507 e. The zero-order chi connectivity index (χ0) is 19.8. The van der Waals surface area contributed by atoms with E-state index in [0.29, 0.717) is 30.9 Å². The minimum atomic E-state index is -0.634. The van der Waals surface area contributed by atoms with Crippen LogP contribution in [0.4, 0.5) is 4.39 Å². The highest BCUT2D eigenvalue weighted by atomic mass is 19.1. The van der Waals surface area contributed by atoms with E-state index in [4.69, 9.17) is 0 Å². The molecule has 2 N–H and O–H groups in total. The lowest BCUT2D eigenvalue weighted by atomic mass is 10.1. The Balaban J connectivity index is 1.73. The van der Waals surface area contributed by atoms with Crippen molar-refractivity contribution in [2.45, 2.75) is 12.3 Å². The highest BCUT2D eigenvalue weighted by molar-refractivity contribution is 5.87. The van der Waals surface area contributed by atoms with Crippen molar-refractivity contribution in [3.8, 4) is 17.0 Å². The van der Waals surface area contributed by atoms with Crippen LogP contribution in [0.15, 0.2) is 47.9 Å². The van der Waals surface area contributed by atoms with Gasteiger partial charge in [-0.25, -0.2) is 9.37 Å². The number of aromatic hydroxyl groups is 1. The van der Waals surface area contributed by atoms with Gasteiger partial charge in [-0.3, -0.25) is 14.6 Å². The largest absolute Gasteiger partial charge is 0.507 e. The van der Waals surface area contributed by atoms with E-state index in [2.05, 4.69) is 21.5 Å². The highest BCUT2D eigenvalue weighted by Gasteiger charge is 2.28. The van der Waals surface area contributed by atoms with Gasteiger partial charge in [0.1, 0.15) is 17.4 Å². The molecular weight excluding hydrogens is 363 g/mol. The van der Waals surface area contributed by atoms with E-state index in [-0.39, 0.29) is 39.8 Å². The maximum absolute atomic E-state index is 14.1. The maximum atomic E-state index is 14.1. The zero-order valence-electron chi connectivity index (χ0n) is 14.9. The Labute approximate surface area is 159 Å². The van der Waals surface area contributed by atoms with Crippen LogP contribution < -0.4 is 5.56 Å². The van der Waals surface area contributed by atoms with Gasteiger partial charge >= 0.3 is 0 Å². The van der Waals surface area contributed by atoms with Crippen molar-refractivity contribution in [3.63, 3.8) is 0 Å². The van der Waals surface area contributed by atoms with E-state index in [1.54, 1.807) is 4.90 Å². The Morgan fingerprint density at radius 2 is 2.25 bits per heavy atom. The number of H-pyrrole nitrogens is 1. The number of rotatable bonds is 3. The summed E-state index contributed by atoms with van der Waals surface area (Å²) in [5.74, 6) is -0.644. The molecule has 1 unspecified atom stereocenters. The van der Waals surface area contributed by atoms with Gasteiger partial charge in [0.05, 0.1) is 28.4 Å². The third-order valence-electron chi connectivity index (χ3n) is 4.92. The lowest BCUT2D eigenvalue weighted by molar-refractivity contribution is -0.125. The summed E-state index contributed by atoms with van der Waals surface area (Å²) < 4.78 is 14.1. The van der Waals surface area contributed by atoms with Gasteiger partial charge in [0, 0.05) is 19.0 Å². The topological polar surface area (TPSA) is 99.2 Å². The molecule has 0 radical (unpaired) electrons. The molecule has 2 aromatic heterocycles. The lowest BCUT2D eigenvalue weighted by Gasteiger charge is -2.14. The van der Waals surface area contributed by atoms with Crippen LogP contribution in [-0.2, 0) is 4.79 Å². The van der Waals surface area contributed by atoms with Gasteiger partial charge in [0.15, 0.2) is 0 Å². The molecule has 0 saturated carbocycles. The van der Waals surface area contributed by atoms with Gasteiger partial charge in [-0.15, -0.1) is 0 Å². The van der Waals surface area contributed by atoms with Gasteiger partial charge in [-0.05, 0) is 30.7 Å². The molecule has 0 spiro atoms. The van der Waals surface area contributed by atoms with Crippen LogP contribution in [0.25, 0.3) is 22.2 Å². The summed E-state index contributed by atoms with van der Waals surface area (Å²) in [7, 11) is 0. The number of aromatic amines is 1. The van der Waals surface area contributed by atoms with Crippen molar-refractivity contribution < 1.29 is 14.3 Å². The molecule has 7 nitrogen and oxygen atoms in total. The first kappa shape index (κ1) is 17.8. The van der Waals surface area contributed by atoms with Gasteiger partial charge in [-0.1, -0.05) is 12.6 Å². The van der Waals surface area contributed by atoms with Crippen LogP contribution >= 0.6 is 0 Å². The van der Waals surface area contributed by atoms with Gasteiger partial charge in [0.2, 0.25) is 5.91 Å². The fourth-order valence-electron chi connectivity index (χ4n) is 3.47. The van der Waals surface area contributed by atoms with E-state index in [1.165, 1.54) is 36.5 Å². The van der Waals surface area contributed by atoms with Crippen molar-refractivity contribution in [1.29, 1.82) is 0 Å². The van der Waals surface area contributed by atoms with Crippen molar-refractivity contribution in [2.24, 2.45) is 0 Å². The fourth-order valence-corrected chi connectivity index (χ4v) is 3.47. The Bertz CT molecular complexity index is 1140. The maximum Gasteiger partial charge on any atom is 0.258 e. The predicted molar refractivity (Wildman–Crippen MR) is 101 cm³/mol. The molecule has 1 atom stereocenters. The number of hydrogen-bond donors (Lipinski definition) is 2. The summed E-state index contributed by atoms with van der Waals surface area (Å²) in [5, 5.41) is 10.2. The highest BCUT2D eigenvalue weighted by Crippen LogP contribution is 2.31. The summed E-state index contributed by atoms with van der Waals surface area (Å²) in [6.45, 7) is 4.51. The summed E-state index contributed by atoms with van der Waals surface area (Å²) in [6, 6.07) is 5.36. The first-order valence-corrected chi connectivity index (χ1v) is 8.77. The number of halogens is 1. The Morgan fingerprint density at radius 3 is 3.00 bits per heavy atom. The molecule has 142 valence electrons. The second-order valence-corrected chi connectivity index (χ2v) is 6.65. The molecule has 1 amide bonds. The van der Waals surface area contributed by atoms with E-state index in [9.17, 15) is 19.1 Å². The van der Waals surface area contributed by atoms with Gasteiger partial charge < -0.3 is 15.0 Å². The van der Waals surface area contributed by atoms with Crippen LogP contribution in [0, 0.1) is 5.82 Å². The molecule has 0 bridgehead atoms. The SMILES string of the molecule is C=CC(=O)N1CCC(c2nc3cnc(-c4c(O)cccc4F)cc3c(=O)[nH]2)C1. The number of aromatic nitrogens is 3. The first-order chi connectivity index (χ1) is 13.5. The van der Waals surface area contributed by atoms with E-state index in [0.717, 1.165) is 0 Å². The Morgan fingerprint density at radius 1 is 1.43 bits per heavy atom. The number of nitrogens with zero attached hydrogens (tertiary/aromatic N) is 3. The van der Waals surface area contributed by atoms with Crippen molar-refractivity contribution in [3.05, 3.63) is 65.1 Å². The van der Waals surface area contributed by atoms with E-state index < -0.39 is 5.82 Å². The molecular formula is C20H17FN4O3. The van der Waals surface area contributed by atoms with Crippen molar-refractivity contribution in [2.75, 3.05) is 13.1 Å². The van der Waals surface area contributed by atoms with Crippen LogP contribution in [0.3, 0.4) is 0 Å². The first-order valence-electron chi connectivity index (χ1n) is 8.77. The average molecular weight is 380 g/mol. The van der Waals surface area contributed by atoms with Crippen LogP contribution in [0.5, 0.6) is 5.75 Å². The monoisotopic (exact) mass is 380 g/mol. The molecule has 4 rings (SSSR count). The number of pyridine rings is 1. The van der Waals surface area contributed by atoms with Crippen LogP contribution in [-0.4, -0.2) is 44.0 Å². The third-order valence-corrected chi connectivity index (χ3v) is 4.92. The summed E-state index contributed by atoms with van der Waals surface area (Å²) in [4.78, 5) is 37.4. The summed E-state index contributed by atoms with van der Waals surface area (Å²) in [6.07, 6.45) is 3.34. The van der Waals surface area contributed by atoms with Crippen molar-refractivity contribution in [1.82, 2.24) is 19.9 Å². The number of carbonyl (C=O) groups excluding carboxylic acids is 1. The molecule has 28 heavy (non-hydrogen) atoms. The lowest BCUT2D eigenvalue weighted by Crippen LogP contribution is -2.27. The number of carbonyl (C=O) groups is 1. The standard InChI is InChI=1S/C20H17FN4O3/c1-2-17(27)25-7-6-11(10-25)19-23-15-9-22-14(8-12(15)20(28)24-19)18-13(21)4-3-5-16(18)26/h2-5,8-9,11,26H,1,6-7,10H2,(H,23,24,28). The molecule has 8 heteroatoms. The number of nitrogens with one attached hydrogen (secondary N) is 1. The number of benzene rings is 1. The number of fused-ring (bicyclic) bond motifs is 1. The second kappa shape index (κ2) is 6.88. The zero-order valence-corrected chi connectivity index (χ0v) is 14.9. The number of phenols is 1. The molecule has 1 aliphatic heterocycles. The molecule has 3 heterocycles. The summed E-state index contributed by atoms with van der Waals surface area (Å²) in [5.41, 5.74) is 0.0637. The normalized spacial score (nSPS) is 16.5. The average Bonchev–Trinajstić information content (AvgIpc) is 3.18. The third kappa shape index (κ3) is 3.02. The molecule has 0 aliphatic carbocycles. The van der Waals surface area contributed by atoms with Crippen LogP contribution in [0.1, 0.15) is 18.2 Å². The van der Waals surface area contributed by atoms with E-state index >= 15 is 0 Å². The minimum absolute atomic E-state index is 0.0674. The number of hydrogen-bond acceptors (Lipinski definition) is 5. The molecule has 1 aromatic carbocycles. The number of phenolic OH excluding ortho intramolecular Hbond substituents is 1. The van der Waals surface area contributed by atoms with Gasteiger partial charge in [-0.2, -0.15) is 0 Å². The Kier molecular flexibility index (Phi) is 4.38. The predicted octanol–water partition coefficient (Wildman–Crippen LogP) is 2.33. The van der Waals surface area contributed by atoms with E-state index in [1.807, 2.05) is 0 Å². The molecule has 1 fully saturated rings. The quantitative estimate of drug-likeness (QED) is 0.680. The van der Waals surface area contributed by atoms with Crippen LogP contribution in [0.2, 0.25) is 0 Å². The second-order valence-electron chi connectivity index (χ2n) is 6.65. The number of likely N-dealkylation sites (tertiary alicyclic amines) is 1. The number of amides is 1. The smallest absolute Gasteiger partial charge is 0.258 e. The Hall–Kier alpha value is -3.55. The molecule has 1 aliphatic rings. The van der Waals surface area contributed by atoms with Crippen molar-refractivity contribution >= 4 is 16.8 Å². The summed E-state index contributed by atoms with van der Waals surface area (Å²) >= 11 is 0. The molecule has 1 saturated heterocycles.